The summed E-state index contributed by atoms with van der Waals surface area (Å²) in [5.41, 5.74) is 1.32. The summed E-state index contributed by atoms with van der Waals surface area (Å²) in [5, 5.41) is 24.2. The fraction of sp³-hybridized carbons (Fsp3) is 0.576. The highest BCUT2D eigenvalue weighted by molar-refractivity contribution is 7.13. The van der Waals surface area contributed by atoms with E-state index in [2.05, 4.69) is 31.6 Å². The molecule has 2 heterocycles. The summed E-state index contributed by atoms with van der Waals surface area (Å²) in [6, 6.07) is 4.20. The monoisotopic (exact) mass is 687 g/mol. The van der Waals surface area contributed by atoms with Gasteiger partial charge in [0.1, 0.15) is 12.1 Å². The smallest absolute Gasteiger partial charge is 0.258 e. The summed E-state index contributed by atoms with van der Waals surface area (Å²) in [7, 11) is 1.76. The predicted molar refractivity (Wildman–Crippen MR) is 178 cm³/mol. The summed E-state index contributed by atoms with van der Waals surface area (Å²) >= 11 is 1.49. The van der Waals surface area contributed by atoms with Gasteiger partial charge in [0.25, 0.3) is 5.91 Å². The highest BCUT2D eigenvalue weighted by atomic mass is 32.1. The van der Waals surface area contributed by atoms with Crippen molar-refractivity contribution in [1.29, 1.82) is 0 Å². The standard InChI is InChI=1S/C33H46FN7O6S/c1-19-27(48-18-38-19)21-8-6-20(7-9-21)23(15-25(43)37-16-26(44)36-13-12-35-5)39-29(45)24-14-22(42)17-41(24)30(46)28(32(2,3)4)40-31(47)33(34)10-11-33/h6-9,18,22-24,28,35,42H,10-17H2,1-5H3,(H,36,44)(H,37,43)(H,39,45)(H,40,47)/t22-,23+,24+,28-/m1/s1. The molecule has 2 aliphatic rings. The molecule has 1 saturated heterocycles. The molecule has 1 aliphatic carbocycles. The van der Waals surface area contributed by atoms with Gasteiger partial charge in [0.2, 0.25) is 23.6 Å². The number of likely N-dealkylation sites (tertiary alicyclic amines) is 1. The zero-order valence-electron chi connectivity index (χ0n) is 28.0. The van der Waals surface area contributed by atoms with E-state index in [-0.39, 0.29) is 44.7 Å². The molecule has 0 spiro atoms. The van der Waals surface area contributed by atoms with E-state index in [0.717, 1.165) is 16.1 Å². The molecular weight excluding hydrogens is 641 g/mol. The lowest BCUT2D eigenvalue weighted by molar-refractivity contribution is -0.145. The lowest BCUT2D eigenvalue weighted by Crippen LogP contribution is -2.59. The molecule has 262 valence electrons. The zero-order valence-corrected chi connectivity index (χ0v) is 28.8. The topological polar surface area (TPSA) is 182 Å². The summed E-state index contributed by atoms with van der Waals surface area (Å²) in [4.78, 5) is 72.1. The Labute approximate surface area is 283 Å². The number of benzene rings is 1. The van der Waals surface area contributed by atoms with Gasteiger partial charge in [0.15, 0.2) is 5.67 Å². The van der Waals surface area contributed by atoms with E-state index in [1.54, 1.807) is 45.5 Å². The van der Waals surface area contributed by atoms with Gasteiger partial charge in [-0.2, -0.15) is 0 Å². The number of rotatable bonds is 14. The molecule has 1 aromatic heterocycles. The highest BCUT2D eigenvalue weighted by Gasteiger charge is 2.53. The first kappa shape index (κ1) is 36.9. The van der Waals surface area contributed by atoms with E-state index in [0.29, 0.717) is 18.7 Å². The van der Waals surface area contributed by atoms with Crippen molar-refractivity contribution in [3.8, 4) is 10.4 Å². The van der Waals surface area contributed by atoms with Gasteiger partial charge in [-0.25, -0.2) is 9.37 Å². The normalized spacial score (nSPS) is 19.6. The number of hydrogen-bond acceptors (Lipinski definition) is 9. The molecule has 6 N–H and O–H groups in total. The second-order valence-electron chi connectivity index (χ2n) is 13.5. The van der Waals surface area contributed by atoms with Crippen molar-refractivity contribution in [2.45, 2.75) is 83.3 Å². The van der Waals surface area contributed by atoms with Gasteiger partial charge in [-0.3, -0.25) is 24.0 Å². The van der Waals surface area contributed by atoms with Crippen LogP contribution in [0.25, 0.3) is 10.4 Å². The number of aryl methyl sites for hydroxylation is 1. The molecule has 0 bridgehead atoms. The molecule has 2 fully saturated rings. The van der Waals surface area contributed by atoms with Crippen LogP contribution in [0.3, 0.4) is 0 Å². The number of aliphatic hydroxyl groups is 1. The third-order valence-electron chi connectivity index (χ3n) is 8.52. The molecule has 0 unspecified atom stereocenters. The Morgan fingerprint density at radius 3 is 2.33 bits per heavy atom. The average Bonchev–Trinajstić information content (AvgIpc) is 3.44. The van der Waals surface area contributed by atoms with Crippen LogP contribution in [0.15, 0.2) is 29.8 Å². The molecule has 4 rings (SSSR count). The summed E-state index contributed by atoms with van der Waals surface area (Å²) < 4.78 is 14.6. The van der Waals surface area contributed by atoms with E-state index in [1.165, 1.54) is 16.2 Å². The number of halogens is 1. The number of hydrogen-bond donors (Lipinski definition) is 6. The molecular formula is C33H46FN7O6S. The van der Waals surface area contributed by atoms with E-state index < -0.39 is 58.9 Å². The minimum atomic E-state index is -2.00. The zero-order chi connectivity index (χ0) is 35.2. The largest absolute Gasteiger partial charge is 0.391 e. The SMILES string of the molecule is CNCCNC(=O)CNC(=O)C[C@H](NC(=O)[C@@H]1C[C@@H](O)CN1C(=O)[C@@H](NC(=O)C1(F)CC1)C(C)(C)C)c1ccc(-c2scnc2C)cc1. The quantitative estimate of drug-likeness (QED) is 0.160. The molecule has 15 heteroatoms. The maximum atomic E-state index is 14.6. The number of likely N-dealkylation sites (N-methyl/N-ethyl adjacent to an activating group) is 1. The van der Waals surface area contributed by atoms with Crippen LogP contribution in [-0.4, -0.2) is 102 Å². The van der Waals surface area contributed by atoms with Crippen molar-refractivity contribution in [3.63, 3.8) is 0 Å². The van der Waals surface area contributed by atoms with Crippen LogP contribution < -0.4 is 26.6 Å². The highest BCUT2D eigenvalue weighted by Crippen LogP contribution is 2.40. The Morgan fingerprint density at radius 2 is 1.75 bits per heavy atom. The third-order valence-corrected chi connectivity index (χ3v) is 9.50. The Morgan fingerprint density at radius 1 is 1.06 bits per heavy atom. The molecule has 13 nitrogen and oxygen atoms in total. The lowest BCUT2D eigenvalue weighted by atomic mass is 9.85. The summed E-state index contributed by atoms with van der Waals surface area (Å²) in [6.07, 6.45) is -1.13. The minimum Gasteiger partial charge on any atom is -0.391 e. The molecule has 4 atom stereocenters. The fourth-order valence-electron chi connectivity index (χ4n) is 5.51. The van der Waals surface area contributed by atoms with E-state index in [9.17, 15) is 33.5 Å². The number of alkyl halides is 1. The van der Waals surface area contributed by atoms with Gasteiger partial charge in [-0.15, -0.1) is 11.3 Å². The van der Waals surface area contributed by atoms with E-state index >= 15 is 0 Å². The predicted octanol–water partition coefficient (Wildman–Crippen LogP) is 1.11. The van der Waals surface area contributed by atoms with Crippen LogP contribution in [0.1, 0.15) is 63.8 Å². The number of β-amino-alcohol motifs (C(OH)–C–C–N with tert-alkyl or cyclic N) is 1. The minimum absolute atomic E-state index is 0.0648. The number of carbonyl (C=O) groups is 5. The van der Waals surface area contributed by atoms with Crippen LogP contribution >= 0.6 is 11.3 Å². The average molecular weight is 688 g/mol. The van der Waals surface area contributed by atoms with Gasteiger partial charge in [0, 0.05) is 26.1 Å². The van der Waals surface area contributed by atoms with Crippen LogP contribution in [0.2, 0.25) is 0 Å². The first-order valence-corrected chi connectivity index (χ1v) is 17.0. The Hall–Kier alpha value is -3.95. The summed E-state index contributed by atoms with van der Waals surface area (Å²) in [5.74, 6) is -2.93. The van der Waals surface area contributed by atoms with Crippen LogP contribution in [0.4, 0.5) is 4.39 Å². The van der Waals surface area contributed by atoms with Crippen LogP contribution in [0, 0.1) is 12.3 Å². The molecule has 1 aromatic carbocycles. The number of nitrogens with one attached hydrogen (secondary N) is 5. The number of carbonyl (C=O) groups excluding carboxylic acids is 5. The van der Waals surface area contributed by atoms with Gasteiger partial charge in [-0.1, -0.05) is 45.0 Å². The van der Waals surface area contributed by atoms with Gasteiger partial charge in [-0.05, 0) is 43.4 Å². The van der Waals surface area contributed by atoms with Crippen LogP contribution in [0.5, 0.6) is 0 Å². The molecule has 5 amide bonds. The first-order chi connectivity index (χ1) is 22.6. The number of nitrogens with zero attached hydrogens (tertiary/aromatic N) is 2. The van der Waals surface area contributed by atoms with Crippen molar-refractivity contribution in [1.82, 2.24) is 36.5 Å². The van der Waals surface area contributed by atoms with Crippen molar-refractivity contribution in [3.05, 3.63) is 41.0 Å². The van der Waals surface area contributed by atoms with Gasteiger partial charge >= 0.3 is 0 Å². The van der Waals surface area contributed by atoms with Crippen molar-refractivity contribution < 1.29 is 33.5 Å². The van der Waals surface area contributed by atoms with Crippen molar-refractivity contribution in [2.75, 3.05) is 33.2 Å². The second kappa shape index (κ2) is 15.5. The van der Waals surface area contributed by atoms with E-state index in [4.69, 9.17) is 0 Å². The number of amides is 5. The number of aliphatic hydroxyl groups excluding tert-OH is 1. The van der Waals surface area contributed by atoms with Crippen molar-refractivity contribution in [2.24, 2.45) is 5.41 Å². The number of thiazole rings is 1. The fourth-order valence-corrected chi connectivity index (χ4v) is 6.32. The molecule has 1 saturated carbocycles. The molecule has 0 radical (unpaired) electrons. The molecule has 48 heavy (non-hydrogen) atoms. The first-order valence-electron chi connectivity index (χ1n) is 16.1. The maximum Gasteiger partial charge on any atom is 0.258 e. The lowest BCUT2D eigenvalue weighted by Gasteiger charge is -2.36. The maximum absolute atomic E-state index is 14.6. The Bertz CT molecular complexity index is 1490. The summed E-state index contributed by atoms with van der Waals surface area (Å²) in [6.45, 7) is 7.64. The van der Waals surface area contributed by atoms with Gasteiger partial charge < -0.3 is 36.6 Å². The van der Waals surface area contributed by atoms with Gasteiger partial charge in [0.05, 0.1) is 41.2 Å². The van der Waals surface area contributed by atoms with E-state index in [1.807, 2.05) is 19.1 Å². The Balaban J connectivity index is 1.52. The Kier molecular flexibility index (Phi) is 11.9. The second-order valence-corrected chi connectivity index (χ2v) is 14.4. The third kappa shape index (κ3) is 9.35. The number of aromatic nitrogens is 1. The molecule has 2 aromatic rings. The van der Waals surface area contributed by atoms with Crippen molar-refractivity contribution >= 4 is 40.9 Å². The van der Waals surface area contributed by atoms with Crippen LogP contribution in [-0.2, 0) is 24.0 Å². The molecule has 1 aliphatic heterocycles.